The summed E-state index contributed by atoms with van der Waals surface area (Å²) in [5, 5.41) is 0. The highest BCUT2D eigenvalue weighted by Gasteiger charge is 2.42. The van der Waals surface area contributed by atoms with Gasteiger partial charge < -0.3 is 18.8 Å². The topological polar surface area (TPSA) is 38.1 Å². The van der Waals surface area contributed by atoms with Crippen LogP contribution in [-0.2, 0) is 16.0 Å². The lowest BCUT2D eigenvalue weighted by Crippen LogP contribution is -2.50. The van der Waals surface area contributed by atoms with Crippen LogP contribution in [0.5, 0.6) is 0 Å². The van der Waals surface area contributed by atoms with Gasteiger partial charge in [0.05, 0.1) is 32.5 Å². The number of rotatable bonds is 7. The molecule has 5 nitrogen and oxygen atoms in total. The minimum absolute atomic E-state index is 0.319. The molecule has 0 amide bonds. The monoisotopic (exact) mass is 322 g/mol. The van der Waals surface area contributed by atoms with E-state index in [4.69, 9.17) is 13.9 Å². The molecule has 1 saturated heterocycles. The van der Waals surface area contributed by atoms with Gasteiger partial charge in [-0.15, -0.1) is 0 Å². The number of furan rings is 1. The van der Waals surface area contributed by atoms with Gasteiger partial charge in [0.2, 0.25) is 0 Å². The number of likely N-dealkylation sites (N-methyl/N-ethyl adjacent to an activating group) is 1. The quantitative estimate of drug-likeness (QED) is 0.719. The Morgan fingerprint density at radius 2 is 2.17 bits per heavy atom. The van der Waals surface area contributed by atoms with Crippen LogP contribution < -0.4 is 0 Å². The maximum Gasteiger partial charge on any atom is 0.118 e. The molecule has 2 fully saturated rings. The van der Waals surface area contributed by atoms with Crippen LogP contribution in [0.4, 0.5) is 0 Å². The van der Waals surface area contributed by atoms with E-state index >= 15 is 0 Å². The number of morpholine rings is 1. The van der Waals surface area contributed by atoms with E-state index in [0.29, 0.717) is 18.1 Å². The second-order valence-corrected chi connectivity index (χ2v) is 7.10. The van der Waals surface area contributed by atoms with Crippen molar-refractivity contribution in [1.82, 2.24) is 9.80 Å². The molecule has 3 atom stereocenters. The van der Waals surface area contributed by atoms with Crippen molar-refractivity contribution in [3.05, 3.63) is 23.7 Å². The van der Waals surface area contributed by atoms with Gasteiger partial charge in [0.25, 0.3) is 0 Å². The number of ether oxygens (including phenoxy) is 2. The normalized spacial score (nSPS) is 28.4. The number of fused-ring (bicyclic) bond motifs is 1. The van der Waals surface area contributed by atoms with Gasteiger partial charge in [-0.3, -0.25) is 4.90 Å². The van der Waals surface area contributed by atoms with Crippen LogP contribution >= 0.6 is 0 Å². The molecular formula is C18H30N2O3. The highest BCUT2D eigenvalue weighted by molar-refractivity contribution is 5.06. The number of aryl methyl sites for hydroxylation is 1. The summed E-state index contributed by atoms with van der Waals surface area (Å²) in [4.78, 5) is 4.69. The van der Waals surface area contributed by atoms with E-state index in [9.17, 15) is 0 Å². The Kier molecular flexibility index (Phi) is 5.75. The Hall–Kier alpha value is -0.880. The lowest BCUT2D eigenvalue weighted by molar-refractivity contribution is -0.0896. The molecule has 1 aromatic rings. The summed E-state index contributed by atoms with van der Waals surface area (Å²) in [7, 11) is 4.15. The van der Waals surface area contributed by atoms with Gasteiger partial charge in [-0.25, -0.2) is 0 Å². The molecule has 0 N–H and O–H groups in total. The molecule has 5 heteroatoms. The zero-order chi connectivity index (χ0) is 16.2. The largest absolute Gasteiger partial charge is 0.465 e. The zero-order valence-electron chi connectivity index (χ0n) is 14.7. The predicted molar refractivity (Wildman–Crippen MR) is 89.5 cm³/mol. The van der Waals surface area contributed by atoms with Crippen molar-refractivity contribution in [3.63, 3.8) is 0 Å². The fourth-order valence-electron chi connectivity index (χ4n) is 3.76. The first-order valence-corrected chi connectivity index (χ1v) is 8.77. The second-order valence-electron chi connectivity index (χ2n) is 7.10. The van der Waals surface area contributed by atoms with Crippen molar-refractivity contribution in [3.8, 4) is 0 Å². The van der Waals surface area contributed by atoms with Crippen LogP contribution in [0.25, 0.3) is 0 Å². The molecule has 23 heavy (non-hydrogen) atoms. The standard InChI is InChI=1S/C18H30N2O3/c1-14-4-6-16(23-14)12-20-9-11-22-18-15(5-7-17(18)20)13-21-10-8-19(2)3/h4,6,15,17-18H,5,7-13H2,1-3H3/t15-,17-,18+/m0/s1. The van der Waals surface area contributed by atoms with E-state index in [1.807, 2.05) is 13.0 Å². The highest BCUT2D eigenvalue weighted by Crippen LogP contribution is 2.35. The fourth-order valence-corrected chi connectivity index (χ4v) is 3.76. The van der Waals surface area contributed by atoms with Gasteiger partial charge in [0.1, 0.15) is 11.5 Å². The molecule has 2 heterocycles. The van der Waals surface area contributed by atoms with Crippen LogP contribution in [0.2, 0.25) is 0 Å². The summed E-state index contributed by atoms with van der Waals surface area (Å²) in [6.07, 6.45) is 2.72. The molecule has 1 aliphatic carbocycles. The minimum atomic E-state index is 0.319. The van der Waals surface area contributed by atoms with Crippen LogP contribution in [0.15, 0.2) is 16.5 Å². The molecule has 0 bridgehead atoms. The number of hydrogen-bond acceptors (Lipinski definition) is 5. The van der Waals surface area contributed by atoms with E-state index in [2.05, 4.69) is 30.0 Å². The highest BCUT2D eigenvalue weighted by atomic mass is 16.5. The van der Waals surface area contributed by atoms with E-state index in [0.717, 1.165) is 51.0 Å². The molecule has 0 unspecified atom stereocenters. The molecule has 0 spiro atoms. The smallest absolute Gasteiger partial charge is 0.118 e. The van der Waals surface area contributed by atoms with Gasteiger partial charge in [-0.1, -0.05) is 0 Å². The van der Waals surface area contributed by atoms with E-state index < -0.39 is 0 Å². The molecule has 3 rings (SSSR count). The Labute approximate surface area is 139 Å². The SMILES string of the molecule is Cc1ccc(CN2CCO[C@@H]3[C@H](COCCN(C)C)CC[C@@H]32)o1. The van der Waals surface area contributed by atoms with E-state index in [1.54, 1.807) is 0 Å². The molecule has 2 aliphatic rings. The van der Waals surface area contributed by atoms with E-state index in [-0.39, 0.29) is 0 Å². The third-order valence-electron chi connectivity index (χ3n) is 5.00. The van der Waals surface area contributed by atoms with Gasteiger partial charge in [0.15, 0.2) is 0 Å². The second kappa shape index (κ2) is 7.79. The maximum atomic E-state index is 6.10. The first kappa shape index (κ1) is 17.0. The fraction of sp³-hybridized carbons (Fsp3) is 0.778. The summed E-state index contributed by atoms with van der Waals surface area (Å²) in [5.74, 6) is 2.58. The van der Waals surface area contributed by atoms with Gasteiger partial charge >= 0.3 is 0 Å². The summed E-state index contributed by atoms with van der Waals surface area (Å²) < 4.78 is 17.7. The third-order valence-corrected chi connectivity index (χ3v) is 5.00. The maximum absolute atomic E-state index is 6.10. The number of hydrogen-bond donors (Lipinski definition) is 0. The van der Waals surface area contributed by atoms with Crippen LogP contribution in [0.3, 0.4) is 0 Å². The van der Waals surface area contributed by atoms with Gasteiger partial charge in [0, 0.05) is 25.0 Å². The Morgan fingerprint density at radius 1 is 1.30 bits per heavy atom. The third kappa shape index (κ3) is 4.35. The molecule has 1 aromatic heterocycles. The first-order chi connectivity index (χ1) is 11.1. The lowest BCUT2D eigenvalue weighted by Gasteiger charge is -2.38. The van der Waals surface area contributed by atoms with Gasteiger partial charge in [-0.2, -0.15) is 0 Å². The number of nitrogens with zero attached hydrogens (tertiary/aromatic N) is 2. The molecular weight excluding hydrogens is 292 g/mol. The van der Waals surface area contributed by atoms with Crippen LogP contribution in [0.1, 0.15) is 24.4 Å². The van der Waals surface area contributed by atoms with E-state index in [1.165, 1.54) is 12.8 Å². The summed E-state index contributed by atoms with van der Waals surface area (Å²) in [5.41, 5.74) is 0. The first-order valence-electron chi connectivity index (χ1n) is 8.77. The summed E-state index contributed by atoms with van der Waals surface area (Å²) in [6.45, 7) is 7.31. The van der Waals surface area contributed by atoms with Crippen molar-refractivity contribution in [2.24, 2.45) is 5.92 Å². The van der Waals surface area contributed by atoms with Crippen molar-refractivity contribution < 1.29 is 13.9 Å². The molecule has 1 aliphatic heterocycles. The van der Waals surface area contributed by atoms with Crippen LogP contribution in [-0.4, -0.2) is 69.0 Å². The zero-order valence-corrected chi connectivity index (χ0v) is 14.7. The molecule has 1 saturated carbocycles. The predicted octanol–water partition coefficient (Wildman–Crippen LogP) is 2.15. The Bertz CT molecular complexity index is 488. The molecule has 0 radical (unpaired) electrons. The summed E-state index contributed by atoms with van der Waals surface area (Å²) in [6, 6.07) is 4.65. The molecule has 130 valence electrons. The van der Waals surface area contributed by atoms with Gasteiger partial charge in [-0.05, 0) is 46.0 Å². The average molecular weight is 322 g/mol. The summed E-state index contributed by atoms with van der Waals surface area (Å²) >= 11 is 0. The lowest BCUT2D eigenvalue weighted by atomic mass is 10.0. The Balaban J connectivity index is 1.51. The average Bonchev–Trinajstić information content (AvgIpc) is 3.11. The van der Waals surface area contributed by atoms with Crippen molar-refractivity contribution >= 4 is 0 Å². The van der Waals surface area contributed by atoms with Crippen molar-refractivity contribution in [2.75, 3.05) is 47.0 Å². The molecule has 0 aromatic carbocycles. The van der Waals surface area contributed by atoms with Crippen molar-refractivity contribution in [2.45, 2.75) is 38.5 Å². The Morgan fingerprint density at radius 3 is 2.91 bits per heavy atom. The van der Waals surface area contributed by atoms with Crippen LogP contribution in [0, 0.1) is 12.8 Å². The van der Waals surface area contributed by atoms with Crippen molar-refractivity contribution in [1.29, 1.82) is 0 Å². The minimum Gasteiger partial charge on any atom is -0.465 e.